The Morgan fingerprint density at radius 3 is 2.25 bits per heavy atom. The number of nitrogens with one attached hydrogen (secondary N) is 1. The molecule has 6 nitrogen and oxygen atoms in total. The van der Waals surface area contributed by atoms with Gasteiger partial charge in [-0.2, -0.15) is 0 Å². The van der Waals surface area contributed by atoms with Gasteiger partial charge in [-0.3, -0.25) is 4.79 Å². The van der Waals surface area contributed by atoms with Crippen LogP contribution in [-0.2, 0) is 19.6 Å². The number of carbonyl (C=O) groups excluding carboxylic acids is 1. The first-order valence-electron chi connectivity index (χ1n) is 5.11. The Bertz CT molecular complexity index is 322. The van der Waals surface area contributed by atoms with E-state index in [4.69, 9.17) is 5.73 Å². The van der Waals surface area contributed by atoms with Crippen LogP contribution < -0.4 is 10.5 Å². The molecule has 0 heterocycles. The SMILES string of the molecule is CCC(N)(CC)CNS(=O)(=O)CC(=O)OC. The van der Waals surface area contributed by atoms with Crippen molar-refractivity contribution in [2.75, 3.05) is 19.4 Å². The maximum absolute atomic E-state index is 11.4. The van der Waals surface area contributed by atoms with Gasteiger partial charge in [0, 0.05) is 12.1 Å². The van der Waals surface area contributed by atoms with Gasteiger partial charge in [-0.15, -0.1) is 0 Å². The zero-order chi connectivity index (χ0) is 12.8. The summed E-state index contributed by atoms with van der Waals surface area (Å²) in [7, 11) is -2.51. The summed E-state index contributed by atoms with van der Waals surface area (Å²) >= 11 is 0. The molecular weight excluding hydrogens is 232 g/mol. The number of nitrogens with two attached hydrogens (primary N) is 1. The van der Waals surface area contributed by atoms with E-state index >= 15 is 0 Å². The lowest BCUT2D eigenvalue weighted by Crippen LogP contribution is -2.50. The van der Waals surface area contributed by atoms with Crippen LogP contribution in [0.2, 0.25) is 0 Å². The van der Waals surface area contributed by atoms with E-state index in [0.717, 1.165) is 7.11 Å². The minimum Gasteiger partial charge on any atom is -0.468 e. The third-order valence-corrected chi connectivity index (χ3v) is 3.79. The Hall–Kier alpha value is -0.660. The molecule has 0 radical (unpaired) electrons. The van der Waals surface area contributed by atoms with E-state index in [1.165, 1.54) is 0 Å². The summed E-state index contributed by atoms with van der Waals surface area (Å²) < 4.78 is 29.4. The van der Waals surface area contributed by atoms with Crippen LogP contribution in [0, 0.1) is 0 Å². The van der Waals surface area contributed by atoms with E-state index in [-0.39, 0.29) is 6.54 Å². The number of ether oxygens (including phenoxy) is 1. The highest BCUT2D eigenvalue weighted by Crippen LogP contribution is 2.09. The van der Waals surface area contributed by atoms with Crippen molar-refractivity contribution in [3.05, 3.63) is 0 Å². The first-order valence-corrected chi connectivity index (χ1v) is 6.77. The van der Waals surface area contributed by atoms with Crippen LogP contribution in [0.1, 0.15) is 26.7 Å². The normalized spacial score (nSPS) is 12.5. The maximum atomic E-state index is 11.4. The maximum Gasteiger partial charge on any atom is 0.322 e. The van der Waals surface area contributed by atoms with Crippen molar-refractivity contribution in [3.8, 4) is 0 Å². The quantitative estimate of drug-likeness (QED) is 0.600. The molecule has 0 bridgehead atoms. The van der Waals surface area contributed by atoms with Gasteiger partial charge >= 0.3 is 5.97 Å². The van der Waals surface area contributed by atoms with Crippen LogP contribution >= 0.6 is 0 Å². The van der Waals surface area contributed by atoms with Crippen LogP contribution in [0.5, 0.6) is 0 Å². The number of hydrogen-bond donors (Lipinski definition) is 2. The van der Waals surface area contributed by atoms with Crippen molar-refractivity contribution < 1.29 is 17.9 Å². The molecule has 7 heteroatoms. The van der Waals surface area contributed by atoms with Gasteiger partial charge in [-0.05, 0) is 12.8 Å². The van der Waals surface area contributed by atoms with Crippen LogP contribution in [-0.4, -0.2) is 39.3 Å². The predicted octanol–water partition coefficient (Wildman–Crippen LogP) is -0.404. The molecule has 0 aromatic carbocycles. The summed E-state index contributed by atoms with van der Waals surface area (Å²) in [6, 6.07) is 0. The Morgan fingerprint density at radius 2 is 1.88 bits per heavy atom. The highest BCUT2D eigenvalue weighted by molar-refractivity contribution is 7.90. The van der Waals surface area contributed by atoms with Crippen molar-refractivity contribution in [2.24, 2.45) is 5.73 Å². The molecule has 0 fully saturated rings. The smallest absolute Gasteiger partial charge is 0.322 e. The van der Waals surface area contributed by atoms with Crippen molar-refractivity contribution >= 4 is 16.0 Å². The summed E-state index contributed by atoms with van der Waals surface area (Å²) in [4.78, 5) is 10.8. The molecule has 0 atom stereocenters. The van der Waals surface area contributed by atoms with Crippen LogP contribution in [0.15, 0.2) is 0 Å². The minimum absolute atomic E-state index is 0.124. The average Bonchev–Trinajstić information content (AvgIpc) is 2.25. The lowest BCUT2D eigenvalue weighted by Gasteiger charge is -2.26. The molecule has 0 unspecified atom stereocenters. The topological polar surface area (TPSA) is 98.5 Å². The standard InChI is InChI=1S/C9H20N2O4S/c1-4-9(10,5-2)7-11-16(13,14)6-8(12)15-3/h11H,4-7,10H2,1-3H3. The van der Waals surface area contributed by atoms with E-state index < -0.39 is 27.3 Å². The second kappa shape index (κ2) is 6.17. The van der Waals surface area contributed by atoms with E-state index in [1.807, 2.05) is 13.8 Å². The molecule has 0 saturated carbocycles. The second-order valence-corrected chi connectivity index (χ2v) is 5.53. The molecule has 96 valence electrons. The third kappa shape index (κ3) is 5.43. The molecule has 3 N–H and O–H groups in total. The van der Waals surface area contributed by atoms with Crippen LogP contribution in [0.25, 0.3) is 0 Å². The molecule has 0 aliphatic carbocycles. The molecule has 0 aliphatic rings. The molecule has 0 amide bonds. The number of sulfonamides is 1. The van der Waals surface area contributed by atoms with E-state index in [2.05, 4.69) is 9.46 Å². The van der Waals surface area contributed by atoms with Crippen LogP contribution in [0.4, 0.5) is 0 Å². The van der Waals surface area contributed by atoms with Crippen molar-refractivity contribution in [2.45, 2.75) is 32.2 Å². The summed E-state index contributed by atoms with van der Waals surface area (Å²) in [5, 5.41) is 0. The Kier molecular flexibility index (Phi) is 5.91. The van der Waals surface area contributed by atoms with Crippen LogP contribution in [0.3, 0.4) is 0 Å². The largest absolute Gasteiger partial charge is 0.468 e. The van der Waals surface area contributed by atoms with Gasteiger partial charge in [0.1, 0.15) is 0 Å². The zero-order valence-corrected chi connectivity index (χ0v) is 10.8. The summed E-state index contributed by atoms with van der Waals surface area (Å²) in [5.41, 5.74) is 5.36. The van der Waals surface area contributed by atoms with Gasteiger partial charge in [0.05, 0.1) is 7.11 Å². The van der Waals surface area contributed by atoms with Crippen molar-refractivity contribution in [3.63, 3.8) is 0 Å². The first kappa shape index (κ1) is 15.3. The number of methoxy groups -OCH3 is 1. The highest BCUT2D eigenvalue weighted by atomic mass is 32.2. The predicted molar refractivity (Wildman–Crippen MR) is 61.3 cm³/mol. The number of carbonyl (C=O) groups is 1. The van der Waals surface area contributed by atoms with Gasteiger partial charge in [0.15, 0.2) is 5.75 Å². The Labute approximate surface area is 96.6 Å². The summed E-state index contributed by atoms with van der Waals surface area (Å²) in [6.07, 6.45) is 1.31. The number of rotatable bonds is 7. The average molecular weight is 252 g/mol. The molecule has 0 aliphatic heterocycles. The van der Waals surface area contributed by atoms with Gasteiger partial charge in [0.25, 0.3) is 0 Å². The lowest BCUT2D eigenvalue weighted by molar-refractivity contribution is -0.137. The fourth-order valence-electron chi connectivity index (χ4n) is 1.02. The fourth-order valence-corrected chi connectivity index (χ4v) is 2.06. The lowest BCUT2D eigenvalue weighted by atomic mass is 9.95. The molecule has 0 aromatic rings. The molecule has 0 saturated heterocycles. The summed E-state index contributed by atoms with van der Waals surface area (Å²) in [6.45, 7) is 3.90. The molecule has 0 rings (SSSR count). The molecule has 0 spiro atoms. The zero-order valence-electron chi connectivity index (χ0n) is 9.95. The molecule has 16 heavy (non-hydrogen) atoms. The number of esters is 1. The minimum atomic E-state index is -3.65. The molecule has 0 aromatic heterocycles. The second-order valence-electron chi connectivity index (χ2n) is 3.73. The van der Waals surface area contributed by atoms with Crippen molar-refractivity contribution in [1.29, 1.82) is 0 Å². The van der Waals surface area contributed by atoms with E-state index in [0.29, 0.717) is 12.8 Å². The van der Waals surface area contributed by atoms with Crippen molar-refractivity contribution in [1.82, 2.24) is 4.72 Å². The monoisotopic (exact) mass is 252 g/mol. The first-order chi connectivity index (χ1) is 7.28. The van der Waals surface area contributed by atoms with E-state index in [1.54, 1.807) is 0 Å². The number of hydrogen-bond acceptors (Lipinski definition) is 5. The fraction of sp³-hybridized carbons (Fsp3) is 0.889. The van der Waals surface area contributed by atoms with E-state index in [9.17, 15) is 13.2 Å². The summed E-state index contributed by atoms with van der Waals surface area (Å²) in [5.74, 6) is -1.46. The Morgan fingerprint density at radius 1 is 1.38 bits per heavy atom. The third-order valence-electron chi connectivity index (χ3n) is 2.59. The van der Waals surface area contributed by atoms with Gasteiger partial charge in [-0.1, -0.05) is 13.8 Å². The van der Waals surface area contributed by atoms with Gasteiger partial charge in [0.2, 0.25) is 10.0 Å². The Balaban J connectivity index is 4.34. The van der Waals surface area contributed by atoms with Gasteiger partial charge < -0.3 is 10.5 Å². The van der Waals surface area contributed by atoms with Gasteiger partial charge in [-0.25, -0.2) is 13.1 Å². The molecular formula is C9H20N2O4S. The highest BCUT2D eigenvalue weighted by Gasteiger charge is 2.24.